The van der Waals surface area contributed by atoms with E-state index < -0.39 is 0 Å². The number of fused-ring (bicyclic) bond motifs is 1. The summed E-state index contributed by atoms with van der Waals surface area (Å²) < 4.78 is 5.06. The van der Waals surface area contributed by atoms with E-state index in [2.05, 4.69) is 9.98 Å². The summed E-state index contributed by atoms with van der Waals surface area (Å²) in [6.07, 6.45) is 1.48. The van der Waals surface area contributed by atoms with Crippen LogP contribution >= 0.6 is 0 Å². The number of aliphatic imine (C=N–C) groups is 1. The van der Waals surface area contributed by atoms with Crippen molar-refractivity contribution in [2.75, 3.05) is 21.2 Å². The van der Waals surface area contributed by atoms with Gasteiger partial charge in [-0.2, -0.15) is 4.99 Å². The molecule has 19 heavy (non-hydrogen) atoms. The second-order valence-corrected chi connectivity index (χ2v) is 4.27. The minimum absolute atomic E-state index is 0.272. The van der Waals surface area contributed by atoms with Gasteiger partial charge >= 0.3 is 0 Å². The Morgan fingerprint density at radius 1 is 1.32 bits per heavy atom. The van der Waals surface area contributed by atoms with E-state index in [9.17, 15) is 4.79 Å². The summed E-state index contributed by atoms with van der Waals surface area (Å²) in [6, 6.07) is 8.91. The first-order valence-electron chi connectivity index (χ1n) is 5.80. The molecule has 1 heterocycles. The van der Waals surface area contributed by atoms with Crippen LogP contribution in [0.4, 0.5) is 0 Å². The summed E-state index contributed by atoms with van der Waals surface area (Å²) in [5, 5.41) is 0.881. The molecule has 2 aromatic rings. The highest BCUT2D eigenvalue weighted by Crippen LogP contribution is 2.18. The number of aromatic nitrogens is 1. The average molecular weight is 257 g/mol. The Balaban J connectivity index is 2.34. The summed E-state index contributed by atoms with van der Waals surface area (Å²) >= 11 is 0. The van der Waals surface area contributed by atoms with Gasteiger partial charge in [0.15, 0.2) is 0 Å². The number of rotatable bonds is 3. The molecule has 0 saturated carbocycles. The van der Waals surface area contributed by atoms with Gasteiger partial charge in [0.25, 0.3) is 5.91 Å². The van der Waals surface area contributed by atoms with Gasteiger partial charge in [-0.15, -0.1) is 0 Å². The summed E-state index contributed by atoms with van der Waals surface area (Å²) in [5.74, 6) is 0.281. The third-order valence-corrected chi connectivity index (χ3v) is 2.53. The number of carbonyl (C=O) groups excluding carboxylic acids is 1. The standard InChI is InChI=1S/C14H15N3O2/c1-17(2)9-15-14(18)11-4-6-12-10(8-11)5-7-13(16-12)19-3/h4-9H,1-3H3. The second kappa shape index (κ2) is 5.48. The Labute approximate surface area is 111 Å². The van der Waals surface area contributed by atoms with E-state index in [-0.39, 0.29) is 5.91 Å². The van der Waals surface area contributed by atoms with Gasteiger partial charge in [0.2, 0.25) is 5.88 Å². The van der Waals surface area contributed by atoms with E-state index in [4.69, 9.17) is 4.74 Å². The highest BCUT2D eigenvalue weighted by Gasteiger charge is 2.06. The predicted molar refractivity (Wildman–Crippen MR) is 74.8 cm³/mol. The molecule has 5 nitrogen and oxygen atoms in total. The molecule has 0 unspecified atom stereocenters. The molecule has 98 valence electrons. The topological polar surface area (TPSA) is 54.8 Å². The van der Waals surface area contributed by atoms with E-state index in [1.165, 1.54) is 6.34 Å². The summed E-state index contributed by atoms with van der Waals surface area (Å²) in [5.41, 5.74) is 1.32. The fourth-order valence-electron chi connectivity index (χ4n) is 1.60. The number of ether oxygens (including phenoxy) is 1. The predicted octanol–water partition coefficient (Wildman–Crippen LogP) is 1.97. The van der Waals surface area contributed by atoms with E-state index in [1.54, 1.807) is 36.3 Å². The van der Waals surface area contributed by atoms with Crippen molar-refractivity contribution in [1.29, 1.82) is 0 Å². The van der Waals surface area contributed by atoms with Crippen molar-refractivity contribution in [3.8, 4) is 5.88 Å². The number of hydrogen-bond acceptors (Lipinski definition) is 3. The smallest absolute Gasteiger partial charge is 0.278 e. The summed E-state index contributed by atoms with van der Waals surface area (Å²) in [6.45, 7) is 0. The maximum absolute atomic E-state index is 11.8. The van der Waals surface area contributed by atoms with Crippen LogP contribution in [-0.4, -0.2) is 43.3 Å². The highest BCUT2D eigenvalue weighted by atomic mass is 16.5. The molecule has 5 heteroatoms. The van der Waals surface area contributed by atoms with Crippen LogP contribution in [-0.2, 0) is 0 Å². The molecule has 0 N–H and O–H groups in total. The largest absolute Gasteiger partial charge is 0.481 e. The van der Waals surface area contributed by atoms with Gasteiger partial charge in [-0.1, -0.05) is 0 Å². The van der Waals surface area contributed by atoms with Crippen LogP contribution in [0.2, 0.25) is 0 Å². The molecular formula is C14H15N3O2. The van der Waals surface area contributed by atoms with Crippen LogP contribution in [0.5, 0.6) is 5.88 Å². The highest BCUT2D eigenvalue weighted by molar-refractivity contribution is 6.01. The van der Waals surface area contributed by atoms with E-state index >= 15 is 0 Å². The minimum Gasteiger partial charge on any atom is -0.481 e. The zero-order valence-electron chi connectivity index (χ0n) is 11.1. The molecule has 0 atom stereocenters. The summed E-state index contributed by atoms with van der Waals surface area (Å²) in [7, 11) is 5.20. The molecule has 0 radical (unpaired) electrons. The molecule has 1 amide bonds. The van der Waals surface area contributed by atoms with Gasteiger partial charge in [-0.05, 0) is 24.3 Å². The normalized spacial score (nSPS) is 10.9. The van der Waals surface area contributed by atoms with Crippen LogP contribution in [0.15, 0.2) is 35.3 Å². The summed E-state index contributed by atoms with van der Waals surface area (Å²) in [4.78, 5) is 21.7. The third kappa shape index (κ3) is 3.07. The molecule has 0 saturated heterocycles. The van der Waals surface area contributed by atoms with Crippen LogP contribution in [0.3, 0.4) is 0 Å². The molecule has 0 bridgehead atoms. The lowest BCUT2D eigenvalue weighted by Crippen LogP contribution is -2.09. The molecule has 1 aromatic carbocycles. The number of benzene rings is 1. The lowest BCUT2D eigenvalue weighted by atomic mass is 10.1. The molecule has 1 aromatic heterocycles. The van der Waals surface area contributed by atoms with Crippen molar-refractivity contribution < 1.29 is 9.53 Å². The van der Waals surface area contributed by atoms with Gasteiger partial charge in [0, 0.05) is 31.1 Å². The number of methoxy groups -OCH3 is 1. The fourth-order valence-corrected chi connectivity index (χ4v) is 1.60. The Bertz CT molecular complexity index is 636. The van der Waals surface area contributed by atoms with E-state index in [1.807, 2.05) is 20.2 Å². The second-order valence-electron chi connectivity index (χ2n) is 4.27. The number of hydrogen-bond donors (Lipinski definition) is 0. The maximum Gasteiger partial charge on any atom is 0.278 e. The molecular weight excluding hydrogens is 242 g/mol. The Morgan fingerprint density at radius 2 is 2.11 bits per heavy atom. The molecule has 0 spiro atoms. The lowest BCUT2D eigenvalue weighted by Gasteiger charge is -2.04. The van der Waals surface area contributed by atoms with Gasteiger partial charge < -0.3 is 9.64 Å². The SMILES string of the molecule is COc1ccc2cc(C(=O)N=CN(C)C)ccc2n1. The van der Waals surface area contributed by atoms with Crippen molar-refractivity contribution in [2.24, 2.45) is 4.99 Å². The van der Waals surface area contributed by atoms with Crippen molar-refractivity contribution in [3.05, 3.63) is 35.9 Å². The molecule has 0 aliphatic heterocycles. The van der Waals surface area contributed by atoms with Crippen LogP contribution < -0.4 is 4.74 Å². The molecule has 0 aliphatic rings. The number of nitrogens with zero attached hydrogens (tertiary/aromatic N) is 3. The van der Waals surface area contributed by atoms with Crippen molar-refractivity contribution in [2.45, 2.75) is 0 Å². The van der Waals surface area contributed by atoms with Gasteiger partial charge in [0.05, 0.1) is 19.0 Å². The first-order chi connectivity index (χ1) is 9.10. The zero-order chi connectivity index (χ0) is 13.8. The Hall–Kier alpha value is -2.43. The van der Waals surface area contributed by atoms with Crippen LogP contribution in [0.1, 0.15) is 10.4 Å². The maximum atomic E-state index is 11.8. The lowest BCUT2D eigenvalue weighted by molar-refractivity contribution is 0.100. The Kier molecular flexibility index (Phi) is 3.75. The third-order valence-electron chi connectivity index (χ3n) is 2.53. The van der Waals surface area contributed by atoms with Crippen molar-refractivity contribution in [1.82, 2.24) is 9.88 Å². The molecule has 0 aliphatic carbocycles. The first-order valence-corrected chi connectivity index (χ1v) is 5.80. The Morgan fingerprint density at radius 3 is 2.79 bits per heavy atom. The van der Waals surface area contributed by atoms with Crippen molar-refractivity contribution in [3.63, 3.8) is 0 Å². The quantitative estimate of drug-likeness (QED) is 0.623. The molecule has 2 rings (SSSR count). The number of carbonyl (C=O) groups is 1. The fraction of sp³-hybridized carbons (Fsp3) is 0.214. The van der Waals surface area contributed by atoms with Gasteiger partial charge in [-0.3, -0.25) is 4.79 Å². The van der Waals surface area contributed by atoms with Gasteiger partial charge in [-0.25, -0.2) is 4.98 Å². The first kappa shape index (κ1) is 13.0. The van der Waals surface area contributed by atoms with Crippen molar-refractivity contribution >= 4 is 23.1 Å². The number of amides is 1. The average Bonchev–Trinajstić information content (AvgIpc) is 2.43. The van der Waals surface area contributed by atoms with Gasteiger partial charge in [0.1, 0.15) is 0 Å². The van der Waals surface area contributed by atoms with Crippen LogP contribution in [0.25, 0.3) is 10.9 Å². The van der Waals surface area contributed by atoms with Crippen LogP contribution in [0, 0.1) is 0 Å². The zero-order valence-corrected chi connectivity index (χ0v) is 11.1. The monoisotopic (exact) mass is 257 g/mol. The van der Waals surface area contributed by atoms with E-state index in [0.717, 1.165) is 10.9 Å². The van der Waals surface area contributed by atoms with E-state index in [0.29, 0.717) is 11.4 Å². The number of pyridine rings is 1. The minimum atomic E-state index is -0.272. The molecule has 0 fully saturated rings.